The van der Waals surface area contributed by atoms with Crippen molar-refractivity contribution in [3.63, 3.8) is 0 Å². The molecule has 52 nitrogen and oxygen atoms in total. The Kier molecular flexibility index (Phi) is 34.3. The number of hydrogen-bond donors (Lipinski definition) is 30. The summed E-state index contributed by atoms with van der Waals surface area (Å²) in [6.07, 6.45) is -96.5. The zero-order chi connectivity index (χ0) is 86.8. The number of ether oxygens (including phenoxy) is 19. The van der Waals surface area contributed by atoms with E-state index in [9.17, 15) is 152 Å². The first kappa shape index (κ1) is 96.8. The largest absolute Gasteiger partial charge is 0.394 e. The number of nitrogens with one attached hydrogen (secondary N) is 3. The molecule has 3 amide bonds. The van der Waals surface area contributed by atoms with E-state index >= 15 is 0 Å². The van der Waals surface area contributed by atoms with Gasteiger partial charge in [-0.3, -0.25) is 14.4 Å². The lowest BCUT2D eigenvalue weighted by molar-refractivity contribution is -0.400. The lowest BCUT2D eigenvalue weighted by Crippen LogP contribution is -2.72. The molecular formula is C66H111N3O49. The molecule has 10 rings (SSSR count). The van der Waals surface area contributed by atoms with Gasteiger partial charge >= 0.3 is 0 Å². The molecular weight excluding hydrogens is 1620 g/mol. The Morgan fingerprint density at radius 1 is 0.220 bits per heavy atom. The predicted octanol–water partition coefficient (Wildman–Crippen LogP) is -20.3. The van der Waals surface area contributed by atoms with Gasteiger partial charge < -0.3 is 244 Å². The van der Waals surface area contributed by atoms with E-state index < -0.39 is 377 Å². The Hall–Kier alpha value is -3.43. The fourth-order valence-corrected chi connectivity index (χ4v) is 15.5. The van der Waals surface area contributed by atoms with Gasteiger partial charge in [0.05, 0.1) is 65.1 Å². The standard InChI is InChI=1S/C66H111N3O49/c1-14-30(81)37(88)42(93)61(100-14)114-52-28(68-17(4)79)59(108-25(12-76)50(52)112-63-44(95)39(90)32(83)19(6-70)103-63)118-56-35(86)22(9-73)106-66(47(56)98)113-51-26(13-77)109-60(29(69-18(5)80)53(51)115-62-43(94)38(89)31(82)15(2)101-62)117-55-34(85)21(8-72)104-64(46(55)97)110-48-24(11-75)107-58(27(36(48)87)67-16(3)78)116-54-33(84)20(7-71)105-65(45(54)96)111-49-23(10-74)102-57(99)41(92)40(49)91/h14-15,19-66,70-77,81-99H,6-13H2,1-5H3,(H,67,78)(H,68,79)(H,69,80)/t14-,15-,19+,20+,21+,22+,23+,24+,25+,26+,27+,28+,29+,30+,31+,32-,33-,34-,35-,36+,37+,38+,39-,40+,41+,42-,43-,44+,45+,46+,47+,48+,49+,50+,51+,52+,53+,54-,55-,56-,57+,58-,59-,60-,61-,62-,63-,64-,65-,66-/m0/s1. The van der Waals surface area contributed by atoms with Gasteiger partial charge in [0, 0.05) is 20.8 Å². The second kappa shape index (κ2) is 41.8. The lowest BCUT2D eigenvalue weighted by Gasteiger charge is -2.52. The summed E-state index contributed by atoms with van der Waals surface area (Å²) in [5, 5.41) is 307. The van der Waals surface area contributed by atoms with Gasteiger partial charge in [-0.2, -0.15) is 0 Å². The van der Waals surface area contributed by atoms with Crippen molar-refractivity contribution < 1.29 is 242 Å². The summed E-state index contributed by atoms with van der Waals surface area (Å²) in [6.45, 7) is -3.81. The molecule has 10 aliphatic heterocycles. The molecule has 10 heterocycles. The molecule has 30 N–H and O–H groups in total. The minimum absolute atomic E-state index is 0.904. The van der Waals surface area contributed by atoms with Crippen LogP contribution in [-0.4, -0.2) is 515 Å². The summed E-state index contributed by atoms with van der Waals surface area (Å²) in [4.78, 5) is 39.9. The molecule has 10 saturated heterocycles. The highest BCUT2D eigenvalue weighted by Crippen LogP contribution is 2.42. The molecule has 118 heavy (non-hydrogen) atoms. The molecule has 0 aromatic rings. The predicted molar refractivity (Wildman–Crippen MR) is 362 cm³/mol. The van der Waals surface area contributed by atoms with E-state index in [1.165, 1.54) is 13.8 Å². The summed E-state index contributed by atoms with van der Waals surface area (Å²) < 4.78 is 113. The third-order valence-corrected chi connectivity index (χ3v) is 22.0. The zero-order valence-electron chi connectivity index (χ0n) is 63.6. The van der Waals surface area contributed by atoms with E-state index in [0.29, 0.717) is 0 Å². The van der Waals surface area contributed by atoms with E-state index in [-0.39, 0.29) is 0 Å². The van der Waals surface area contributed by atoms with Crippen molar-refractivity contribution in [2.75, 3.05) is 52.9 Å². The third-order valence-electron chi connectivity index (χ3n) is 22.0. The Bertz CT molecular complexity index is 3140. The van der Waals surface area contributed by atoms with Crippen LogP contribution in [0.5, 0.6) is 0 Å². The third kappa shape index (κ3) is 20.6. The zero-order valence-corrected chi connectivity index (χ0v) is 63.6. The number of rotatable bonds is 29. The molecule has 0 aromatic carbocycles. The molecule has 0 unspecified atom stereocenters. The number of aliphatic hydroxyl groups is 27. The Morgan fingerprint density at radius 3 is 0.788 bits per heavy atom. The molecule has 0 aromatic heterocycles. The van der Waals surface area contributed by atoms with Crippen molar-refractivity contribution in [1.29, 1.82) is 0 Å². The summed E-state index contributed by atoms with van der Waals surface area (Å²) in [7, 11) is 0. The van der Waals surface area contributed by atoms with E-state index in [4.69, 9.17) is 90.0 Å². The number of carbonyl (C=O) groups excluding carboxylic acids is 3. The molecule has 0 spiro atoms. The molecule has 0 saturated carbocycles. The molecule has 10 fully saturated rings. The van der Waals surface area contributed by atoms with Crippen LogP contribution in [0.2, 0.25) is 0 Å². The van der Waals surface area contributed by atoms with E-state index in [1.54, 1.807) is 0 Å². The molecule has 10 aliphatic rings. The van der Waals surface area contributed by atoms with Crippen molar-refractivity contribution >= 4 is 17.7 Å². The smallest absolute Gasteiger partial charge is 0.217 e. The van der Waals surface area contributed by atoms with Gasteiger partial charge in [-0.15, -0.1) is 0 Å². The second-order valence-corrected chi connectivity index (χ2v) is 30.2. The Balaban J connectivity index is 0.938. The normalized spacial score (nSPS) is 51.1. The fourth-order valence-electron chi connectivity index (χ4n) is 15.5. The molecule has 50 atom stereocenters. The van der Waals surface area contributed by atoms with Crippen LogP contribution < -0.4 is 16.0 Å². The van der Waals surface area contributed by atoms with Crippen LogP contribution in [0.3, 0.4) is 0 Å². The monoisotopic (exact) mass is 1730 g/mol. The first-order chi connectivity index (χ1) is 55.8. The maximum absolute atomic E-state index is 13.6. The molecule has 0 bridgehead atoms. The van der Waals surface area contributed by atoms with E-state index in [2.05, 4.69) is 16.0 Å². The summed E-state index contributed by atoms with van der Waals surface area (Å²) >= 11 is 0. The second-order valence-electron chi connectivity index (χ2n) is 30.2. The van der Waals surface area contributed by atoms with Crippen LogP contribution in [0.15, 0.2) is 0 Å². The average Bonchev–Trinajstić information content (AvgIpc) is 0.760. The highest BCUT2D eigenvalue weighted by atomic mass is 16.8. The quantitative estimate of drug-likeness (QED) is 0.0331. The number of hydrogen-bond acceptors (Lipinski definition) is 49. The maximum Gasteiger partial charge on any atom is 0.217 e. The first-order valence-electron chi connectivity index (χ1n) is 37.9. The van der Waals surface area contributed by atoms with Crippen LogP contribution in [0.4, 0.5) is 0 Å². The van der Waals surface area contributed by atoms with Gasteiger partial charge in [0.25, 0.3) is 0 Å². The van der Waals surface area contributed by atoms with Crippen LogP contribution in [-0.2, 0) is 104 Å². The van der Waals surface area contributed by atoms with Gasteiger partial charge in [0.2, 0.25) is 17.7 Å². The van der Waals surface area contributed by atoms with Crippen LogP contribution in [0.1, 0.15) is 34.6 Å². The van der Waals surface area contributed by atoms with Crippen LogP contribution >= 0.6 is 0 Å². The van der Waals surface area contributed by atoms with Gasteiger partial charge in [-0.05, 0) is 13.8 Å². The molecule has 52 heteroatoms. The summed E-state index contributed by atoms with van der Waals surface area (Å²) in [5.41, 5.74) is 0. The fraction of sp³-hybridized carbons (Fsp3) is 0.955. The SMILES string of the molecule is CC(=O)N[C@H]1[C@H](O[C@H]2[C@@H](O)[C@@H](CO)O[C@@H](O[C@H]3[C@H](O)[C@@H](O)[C@H](O)O[C@@H]3CO)[C@@H]2O)O[C@H](CO)[C@@H](O[C@@H]2O[C@H](CO)[C@H](O)[C@H](O[C@@H]3O[C@H](CO)[C@@H](O[C@@H]4O[C@H](CO)[C@H](O)[C@H](O[C@@H]5O[C@H](CO)[C@@H](O[C@@H]6O[C@H](CO)[C@H](O)[C@H](O)[C@H]6O)[C@H](O[C@@H]6O[C@@H](C)[C@@H](O)[C@@H](O)[C@@H]6O)[C@H]5NC(C)=O)[C@H]4O)[C@H](O[C@@H]4O[C@@H](C)[C@@H](O)[C@@H](O)[C@@H]4O)[C@H]3NC(C)=O)[C@H]2O)[C@@H]1O. The van der Waals surface area contributed by atoms with Crippen molar-refractivity contribution in [3.8, 4) is 0 Å². The highest BCUT2D eigenvalue weighted by molar-refractivity contribution is 5.74. The van der Waals surface area contributed by atoms with Crippen LogP contribution in [0, 0.1) is 0 Å². The van der Waals surface area contributed by atoms with Crippen molar-refractivity contribution in [1.82, 2.24) is 16.0 Å². The average molecular weight is 1730 g/mol. The first-order valence-corrected chi connectivity index (χ1v) is 37.9. The summed E-state index contributed by atoms with van der Waals surface area (Å²) in [6, 6.07) is -6.00. The molecule has 0 radical (unpaired) electrons. The van der Waals surface area contributed by atoms with E-state index in [1.807, 2.05) is 0 Å². The van der Waals surface area contributed by atoms with Crippen molar-refractivity contribution in [2.24, 2.45) is 0 Å². The highest BCUT2D eigenvalue weighted by Gasteiger charge is 2.63. The number of aliphatic hydroxyl groups excluding tert-OH is 27. The van der Waals surface area contributed by atoms with Gasteiger partial charge in [0.15, 0.2) is 62.9 Å². The lowest BCUT2D eigenvalue weighted by atomic mass is 9.93. The Morgan fingerprint density at radius 2 is 0.458 bits per heavy atom. The van der Waals surface area contributed by atoms with Gasteiger partial charge in [0.1, 0.15) is 232 Å². The van der Waals surface area contributed by atoms with Crippen LogP contribution in [0.25, 0.3) is 0 Å². The van der Waals surface area contributed by atoms with Gasteiger partial charge in [-0.1, -0.05) is 0 Å². The van der Waals surface area contributed by atoms with Crippen molar-refractivity contribution in [2.45, 2.75) is 341 Å². The Labute approximate surface area is 668 Å². The molecule has 0 aliphatic carbocycles. The minimum atomic E-state index is -2.50. The van der Waals surface area contributed by atoms with Gasteiger partial charge in [-0.25, -0.2) is 0 Å². The maximum atomic E-state index is 13.6. The minimum Gasteiger partial charge on any atom is -0.394 e. The topological polar surface area (TPSA) is 809 Å². The van der Waals surface area contributed by atoms with E-state index in [0.717, 1.165) is 20.8 Å². The summed E-state index contributed by atoms with van der Waals surface area (Å²) in [5.74, 6) is -2.96. The number of amides is 3. The van der Waals surface area contributed by atoms with Crippen molar-refractivity contribution in [3.05, 3.63) is 0 Å². The molecule has 684 valence electrons. The number of carbonyl (C=O) groups is 3.